The fourth-order valence-electron chi connectivity index (χ4n) is 4.71. The first-order valence-corrected chi connectivity index (χ1v) is 12.5. The lowest BCUT2D eigenvalue weighted by molar-refractivity contribution is -0.116. The van der Waals surface area contributed by atoms with Crippen LogP contribution in [0.15, 0.2) is 84.1 Å². The van der Waals surface area contributed by atoms with Gasteiger partial charge in [-0.3, -0.25) is 4.79 Å². The van der Waals surface area contributed by atoms with Crippen molar-refractivity contribution in [3.05, 3.63) is 105 Å². The third kappa shape index (κ3) is 4.27. The number of hydrogen-bond donors (Lipinski definition) is 1. The molecular formula is C28H22Cl2N4O2. The van der Waals surface area contributed by atoms with Gasteiger partial charge in [0.15, 0.2) is 11.6 Å². The van der Waals surface area contributed by atoms with Gasteiger partial charge < -0.3 is 10.1 Å². The number of nitrogens with zero attached hydrogens (tertiary/aromatic N) is 3. The Balaban J connectivity index is 1.35. The second-order valence-corrected chi connectivity index (χ2v) is 9.69. The van der Waals surface area contributed by atoms with Crippen LogP contribution in [0.1, 0.15) is 36.4 Å². The van der Waals surface area contributed by atoms with E-state index in [4.69, 9.17) is 38.0 Å². The molecule has 1 unspecified atom stereocenters. The molecule has 6 nitrogen and oxygen atoms in total. The van der Waals surface area contributed by atoms with Crippen LogP contribution in [0.4, 0.5) is 5.95 Å². The second-order valence-electron chi connectivity index (χ2n) is 8.87. The topological polar surface area (TPSA) is 69.0 Å². The molecule has 0 saturated heterocycles. The first kappa shape index (κ1) is 22.8. The zero-order valence-corrected chi connectivity index (χ0v) is 20.8. The Morgan fingerprint density at radius 1 is 0.972 bits per heavy atom. The Morgan fingerprint density at radius 3 is 2.56 bits per heavy atom. The first-order chi connectivity index (χ1) is 17.6. The minimum atomic E-state index is -0.378. The van der Waals surface area contributed by atoms with E-state index in [2.05, 4.69) is 5.32 Å². The van der Waals surface area contributed by atoms with Crippen molar-refractivity contribution in [3.63, 3.8) is 0 Å². The number of Topliss-reactive ketones (excluding diaryl/α,β-unsaturated/α-hetero) is 1. The van der Waals surface area contributed by atoms with Crippen molar-refractivity contribution < 1.29 is 9.53 Å². The van der Waals surface area contributed by atoms with Crippen LogP contribution in [0, 0.1) is 0 Å². The summed E-state index contributed by atoms with van der Waals surface area (Å²) in [5, 5.41) is 9.06. The smallest absolute Gasteiger partial charge is 0.226 e. The number of anilines is 1. The summed E-state index contributed by atoms with van der Waals surface area (Å²) in [5.74, 6) is 2.00. The molecule has 8 heteroatoms. The molecule has 2 aliphatic rings. The van der Waals surface area contributed by atoms with Crippen LogP contribution in [-0.4, -0.2) is 20.5 Å². The molecule has 1 aromatic heterocycles. The minimum Gasteiger partial charge on any atom is -0.489 e. The highest BCUT2D eigenvalue weighted by molar-refractivity contribution is 6.42. The zero-order valence-electron chi connectivity index (χ0n) is 19.2. The predicted octanol–water partition coefficient (Wildman–Crippen LogP) is 6.85. The molecular weight excluding hydrogens is 495 g/mol. The largest absolute Gasteiger partial charge is 0.489 e. The number of carbonyl (C=O) groups excluding carboxylic acids is 1. The van der Waals surface area contributed by atoms with Crippen LogP contribution in [0.5, 0.6) is 5.75 Å². The van der Waals surface area contributed by atoms with E-state index in [-0.39, 0.29) is 11.8 Å². The van der Waals surface area contributed by atoms with Gasteiger partial charge in [0.1, 0.15) is 18.4 Å². The van der Waals surface area contributed by atoms with Gasteiger partial charge >= 0.3 is 0 Å². The van der Waals surface area contributed by atoms with Crippen LogP contribution >= 0.6 is 23.2 Å². The van der Waals surface area contributed by atoms with Gasteiger partial charge in [-0.15, -0.1) is 5.10 Å². The van der Waals surface area contributed by atoms with E-state index in [9.17, 15) is 4.79 Å². The van der Waals surface area contributed by atoms with E-state index in [0.717, 1.165) is 46.6 Å². The molecule has 1 N–H and O–H groups in total. The van der Waals surface area contributed by atoms with Gasteiger partial charge in [0.05, 0.1) is 10.0 Å². The minimum absolute atomic E-state index is 0.135. The van der Waals surface area contributed by atoms with Crippen LogP contribution < -0.4 is 10.1 Å². The third-order valence-electron chi connectivity index (χ3n) is 6.49. The molecule has 0 saturated carbocycles. The van der Waals surface area contributed by atoms with Crippen molar-refractivity contribution in [1.82, 2.24) is 14.8 Å². The van der Waals surface area contributed by atoms with E-state index in [0.29, 0.717) is 34.8 Å². The number of nitrogens with one attached hydrogen (secondary N) is 1. The molecule has 1 aliphatic carbocycles. The number of ketones is 1. The molecule has 0 spiro atoms. The van der Waals surface area contributed by atoms with Gasteiger partial charge in [0.2, 0.25) is 5.95 Å². The Labute approximate surface area is 218 Å². The summed E-state index contributed by atoms with van der Waals surface area (Å²) >= 11 is 12.3. The maximum Gasteiger partial charge on any atom is 0.226 e. The fourth-order valence-corrected chi connectivity index (χ4v) is 5.01. The number of allylic oxidation sites excluding steroid dienone is 2. The molecule has 3 aromatic carbocycles. The summed E-state index contributed by atoms with van der Waals surface area (Å²) in [6.45, 7) is 0.488. The van der Waals surface area contributed by atoms with E-state index in [1.165, 1.54) is 0 Å². The number of hydrogen-bond acceptors (Lipinski definition) is 5. The van der Waals surface area contributed by atoms with E-state index >= 15 is 0 Å². The van der Waals surface area contributed by atoms with Crippen molar-refractivity contribution in [2.24, 2.45) is 0 Å². The summed E-state index contributed by atoms with van der Waals surface area (Å²) in [4.78, 5) is 17.8. The number of halogens is 2. The fraction of sp³-hybridized carbons (Fsp3) is 0.179. The number of fused-ring (bicyclic) bond motifs is 1. The third-order valence-corrected chi connectivity index (χ3v) is 7.23. The molecule has 36 heavy (non-hydrogen) atoms. The van der Waals surface area contributed by atoms with Crippen LogP contribution in [-0.2, 0) is 11.4 Å². The lowest BCUT2D eigenvalue weighted by Gasteiger charge is -2.32. The van der Waals surface area contributed by atoms with Gasteiger partial charge in [0.25, 0.3) is 0 Å². The zero-order chi connectivity index (χ0) is 24.6. The molecule has 0 bridgehead atoms. The molecule has 6 rings (SSSR count). The Kier molecular flexibility index (Phi) is 5.99. The average Bonchev–Trinajstić information content (AvgIpc) is 3.33. The molecule has 4 aromatic rings. The predicted molar refractivity (Wildman–Crippen MR) is 140 cm³/mol. The molecule has 1 atom stereocenters. The quantitative estimate of drug-likeness (QED) is 0.314. The molecule has 180 valence electrons. The number of ether oxygens (including phenoxy) is 1. The number of carbonyl (C=O) groups is 1. The monoisotopic (exact) mass is 516 g/mol. The summed E-state index contributed by atoms with van der Waals surface area (Å²) in [7, 11) is 0. The molecule has 0 radical (unpaired) electrons. The van der Waals surface area contributed by atoms with Gasteiger partial charge in [-0.05, 0) is 54.3 Å². The lowest BCUT2D eigenvalue weighted by atomic mass is 9.85. The Morgan fingerprint density at radius 2 is 1.78 bits per heavy atom. The Bertz CT molecular complexity index is 1480. The van der Waals surface area contributed by atoms with Crippen molar-refractivity contribution in [1.29, 1.82) is 0 Å². The van der Waals surface area contributed by atoms with Crippen LogP contribution in [0.2, 0.25) is 10.0 Å². The lowest BCUT2D eigenvalue weighted by Crippen LogP contribution is -2.31. The van der Waals surface area contributed by atoms with Crippen molar-refractivity contribution in [2.75, 3.05) is 5.32 Å². The maximum atomic E-state index is 13.1. The van der Waals surface area contributed by atoms with E-state index in [1.807, 2.05) is 60.7 Å². The highest BCUT2D eigenvalue weighted by Crippen LogP contribution is 2.41. The van der Waals surface area contributed by atoms with Gasteiger partial charge in [-0.25, -0.2) is 4.68 Å². The molecule has 1 aliphatic heterocycles. The summed E-state index contributed by atoms with van der Waals surface area (Å²) in [5.41, 5.74) is 4.46. The summed E-state index contributed by atoms with van der Waals surface area (Å²) in [6.07, 6.45) is 2.14. The van der Waals surface area contributed by atoms with Gasteiger partial charge in [-0.2, -0.15) is 4.98 Å². The normalized spacial score (nSPS) is 16.8. The van der Waals surface area contributed by atoms with Crippen molar-refractivity contribution >= 4 is 34.9 Å². The maximum absolute atomic E-state index is 13.1. The standard InChI is InChI=1S/C28H22Cl2N4O2/c29-21-14-11-19(15-22(21)30)27-32-28-31-23-7-4-8-24(35)25(23)26(34(28)33-27)18-9-12-20(13-10-18)36-16-17-5-2-1-3-6-17/h1-3,5-6,9-15,26H,4,7-8,16H2,(H,31,32,33). The van der Waals surface area contributed by atoms with Crippen LogP contribution in [0.25, 0.3) is 11.4 Å². The van der Waals surface area contributed by atoms with Gasteiger partial charge in [0, 0.05) is 23.3 Å². The first-order valence-electron chi connectivity index (χ1n) is 11.8. The van der Waals surface area contributed by atoms with E-state index < -0.39 is 0 Å². The number of rotatable bonds is 5. The summed E-state index contributed by atoms with van der Waals surface area (Å²) < 4.78 is 7.76. The average molecular weight is 517 g/mol. The summed E-state index contributed by atoms with van der Waals surface area (Å²) in [6, 6.07) is 22.8. The molecule has 2 heterocycles. The second kappa shape index (κ2) is 9.45. The Hall–Kier alpha value is -3.61. The molecule has 0 amide bonds. The highest BCUT2D eigenvalue weighted by atomic mass is 35.5. The highest BCUT2D eigenvalue weighted by Gasteiger charge is 2.37. The number of benzene rings is 3. The number of aromatic nitrogens is 3. The van der Waals surface area contributed by atoms with Crippen molar-refractivity contribution in [3.8, 4) is 17.1 Å². The van der Waals surface area contributed by atoms with Gasteiger partial charge in [-0.1, -0.05) is 65.7 Å². The van der Waals surface area contributed by atoms with Crippen LogP contribution in [0.3, 0.4) is 0 Å². The SMILES string of the molecule is O=C1CCCC2=C1C(c1ccc(OCc3ccccc3)cc1)n1nc(-c3ccc(Cl)c(Cl)c3)nc1N2. The van der Waals surface area contributed by atoms with Crippen molar-refractivity contribution in [2.45, 2.75) is 31.9 Å². The van der Waals surface area contributed by atoms with E-state index in [1.54, 1.807) is 16.8 Å². The molecule has 0 fully saturated rings.